The lowest BCUT2D eigenvalue weighted by molar-refractivity contribution is -0.125. The molecule has 2 aromatic rings. The molecular weight excluding hydrogens is 368 g/mol. The minimum absolute atomic E-state index is 0.00685. The van der Waals surface area contributed by atoms with Gasteiger partial charge >= 0.3 is 0 Å². The first-order valence-electron chi connectivity index (χ1n) is 9.83. The molecule has 1 fully saturated rings. The zero-order valence-corrected chi connectivity index (χ0v) is 16.7. The molecule has 2 N–H and O–H groups in total. The van der Waals surface area contributed by atoms with Crippen molar-refractivity contribution in [1.82, 2.24) is 0 Å². The Morgan fingerprint density at radius 3 is 1.93 bits per heavy atom. The van der Waals surface area contributed by atoms with Crippen LogP contribution in [0.3, 0.4) is 0 Å². The third-order valence-corrected chi connectivity index (χ3v) is 5.39. The number of benzene rings is 2. The Balaban J connectivity index is 1.51. The van der Waals surface area contributed by atoms with Crippen molar-refractivity contribution in [2.45, 2.75) is 32.6 Å². The first kappa shape index (κ1) is 20.6. The summed E-state index contributed by atoms with van der Waals surface area (Å²) in [4.78, 5) is 36.5. The Hall–Kier alpha value is -3.15. The molecule has 1 aliphatic rings. The predicted octanol–water partition coefficient (Wildman–Crippen LogP) is 4.28. The smallest absolute Gasteiger partial charge is 0.227 e. The number of methoxy groups -OCH3 is 1. The minimum Gasteiger partial charge on any atom is -0.495 e. The van der Waals surface area contributed by atoms with Gasteiger partial charge in [-0.1, -0.05) is 12.1 Å². The van der Waals surface area contributed by atoms with Crippen molar-refractivity contribution in [3.63, 3.8) is 0 Å². The van der Waals surface area contributed by atoms with Gasteiger partial charge in [0.15, 0.2) is 5.78 Å². The quantitative estimate of drug-likeness (QED) is 0.716. The van der Waals surface area contributed by atoms with E-state index >= 15 is 0 Å². The summed E-state index contributed by atoms with van der Waals surface area (Å²) < 4.78 is 5.27. The van der Waals surface area contributed by atoms with Crippen molar-refractivity contribution < 1.29 is 19.1 Å². The second kappa shape index (κ2) is 9.37. The Labute approximate surface area is 170 Å². The predicted molar refractivity (Wildman–Crippen MR) is 112 cm³/mol. The summed E-state index contributed by atoms with van der Waals surface area (Å²) in [5, 5.41) is 5.85. The zero-order chi connectivity index (χ0) is 20.8. The largest absolute Gasteiger partial charge is 0.495 e. The van der Waals surface area contributed by atoms with Crippen LogP contribution in [0.4, 0.5) is 11.4 Å². The topological polar surface area (TPSA) is 84.5 Å². The summed E-state index contributed by atoms with van der Waals surface area (Å²) in [6.45, 7) is 1.51. The normalized spacial score (nSPS) is 18.6. The van der Waals surface area contributed by atoms with E-state index in [4.69, 9.17) is 4.74 Å². The monoisotopic (exact) mass is 394 g/mol. The van der Waals surface area contributed by atoms with E-state index < -0.39 is 0 Å². The van der Waals surface area contributed by atoms with E-state index in [0.29, 0.717) is 48.4 Å². The first-order valence-corrected chi connectivity index (χ1v) is 9.83. The van der Waals surface area contributed by atoms with Gasteiger partial charge in [-0.25, -0.2) is 0 Å². The molecule has 0 saturated heterocycles. The van der Waals surface area contributed by atoms with Gasteiger partial charge in [0.1, 0.15) is 5.75 Å². The number of ether oxygens (including phenoxy) is 1. The second-order valence-corrected chi connectivity index (χ2v) is 7.36. The summed E-state index contributed by atoms with van der Waals surface area (Å²) in [6.07, 6.45) is 2.67. The number of amides is 2. The SMILES string of the molecule is COc1ccccc1NC(=O)C1CCC(C(=O)Nc2ccc(C(C)=O)cc2)CC1. The summed E-state index contributed by atoms with van der Waals surface area (Å²) in [5.74, 6) is 0.325. The Bertz CT molecular complexity index is 884. The van der Waals surface area contributed by atoms with E-state index in [2.05, 4.69) is 10.6 Å². The van der Waals surface area contributed by atoms with Crippen LogP contribution in [0, 0.1) is 11.8 Å². The molecule has 1 aliphatic carbocycles. The van der Waals surface area contributed by atoms with E-state index in [-0.39, 0.29) is 29.4 Å². The number of hydrogen-bond donors (Lipinski definition) is 2. The maximum absolute atomic E-state index is 12.6. The summed E-state index contributed by atoms with van der Waals surface area (Å²) in [5.41, 5.74) is 1.95. The molecule has 3 rings (SSSR count). The highest BCUT2D eigenvalue weighted by atomic mass is 16.5. The molecule has 1 saturated carbocycles. The average Bonchev–Trinajstić information content (AvgIpc) is 2.74. The van der Waals surface area contributed by atoms with Gasteiger partial charge in [0.2, 0.25) is 11.8 Å². The van der Waals surface area contributed by atoms with Crippen molar-refractivity contribution >= 4 is 29.0 Å². The van der Waals surface area contributed by atoms with Crippen LogP contribution in [-0.4, -0.2) is 24.7 Å². The van der Waals surface area contributed by atoms with Crippen LogP contribution in [0.5, 0.6) is 5.75 Å². The molecular formula is C23H26N2O4. The highest BCUT2D eigenvalue weighted by molar-refractivity contribution is 5.97. The van der Waals surface area contributed by atoms with Crippen LogP contribution in [0.1, 0.15) is 43.0 Å². The lowest BCUT2D eigenvalue weighted by Crippen LogP contribution is -2.32. The number of para-hydroxylation sites is 2. The number of carbonyl (C=O) groups excluding carboxylic acids is 3. The minimum atomic E-state index is -0.113. The highest BCUT2D eigenvalue weighted by Gasteiger charge is 2.30. The first-order chi connectivity index (χ1) is 14.0. The molecule has 152 valence electrons. The van der Waals surface area contributed by atoms with Gasteiger partial charge in [0, 0.05) is 23.1 Å². The Morgan fingerprint density at radius 2 is 1.38 bits per heavy atom. The fourth-order valence-corrected chi connectivity index (χ4v) is 3.63. The molecule has 0 aromatic heterocycles. The maximum atomic E-state index is 12.6. The fraction of sp³-hybridized carbons (Fsp3) is 0.348. The molecule has 0 heterocycles. The molecule has 29 heavy (non-hydrogen) atoms. The third kappa shape index (κ3) is 5.22. The molecule has 0 unspecified atom stereocenters. The number of carbonyl (C=O) groups is 3. The summed E-state index contributed by atoms with van der Waals surface area (Å²) in [6, 6.07) is 14.2. The number of Topliss-reactive ketones (excluding diaryl/α,β-unsaturated/α-hetero) is 1. The number of ketones is 1. The van der Waals surface area contributed by atoms with Crippen LogP contribution in [0.15, 0.2) is 48.5 Å². The number of nitrogens with one attached hydrogen (secondary N) is 2. The molecule has 6 heteroatoms. The lowest BCUT2D eigenvalue weighted by atomic mass is 9.81. The average molecular weight is 394 g/mol. The molecule has 0 bridgehead atoms. The Kier molecular flexibility index (Phi) is 6.65. The van der Waals surface area contributed by atoms with Crippen molar-refractivity contribution in [3.05, 3.63) is 54.1 Å². The van der Waals surface area contributed by atoms with Gasteiger partial charge in [0.05, 0.1) is 12.8 Å². The molecule has 0 spiro atoms. The van der Waals surface area contributed by atoms with Crippen molar-refractivity contribution in [2.75, 3.05) is 17.7 Å². The fourth-order valence-electron chi connectivity index (χ4n) is 3.63. The molecule has 0 radical (unpaired) electrons. The van der Waals surface area contributed by atoms with Gasteiger partial charge in [-0.05, 0) is 69.0 Å². The molecule has 6 nitrogen and oxygen atoms in total. The van der Waals surface area contributed by atoms with Crippen LogP contribution >= 0.6 is 0 Å². The summed E-state index contributed by atoms with van der Waals surface area (Å²) in [7, 11) is 1.57. The molecule has 2 aromatic carbocycles. The number of anilines is 2. The highest BCUT2D eigenvalue weighted by Crippen LogP contribution is 2.32. The van der Waals surface area contributed by atoms with E-state index in [9.17, 15) is 14.4 Å². The van der Waals surface area contributed by atoms with Crippen molar-refractivity contribution in [3.8, 4) is 5.75 Å². The standard InChI is InChI=1S/C23H26N2O4/c1-15(26)16-11-13-19(14-12-16)24-22(27)17-7-9-18(10-8-17)23(28)25-20-5-3-4-6-21(20)29-2/h3-6,11-14,17-18H,7-10H2,1-2H3,(H,24,27)(H,25,28). The molecule has 2 amide bonds. The van der Waals surface area contributed by atoms with Crippen LogP contribution in [0.25, 0.3) is 0 Å². The van der Waals surface area contributed by atoms with Gasteiger partial charge in [-0.3, -0.25) is 14.4 Å². The summed E-state index contributed by atoms with van der Waals surface area (Å²) >= 11 is 0. The number of hydrogen-bond acceptors (Lipinski definition) is 4. The lowest BCUT2D eigenvalue weighted by Gasteiger charge is -2.27. The second-order valence-electron chi connectivity index (χ2n) is 7.36. The van der Waals surface area contributed by atoms with Crippen LogP contribution in [0.2, 0.25) is 0 Å². The van der Waals surface area contributed by atoms with Crippen LogP contribution in [-0.2, 0) is 9.59 Å². The van der Waals surface area contributed by atoms with Crippen molar-refractivity contribution in [2.24, 2.45) is 11.8 Å². The van der Waals surface area contributed by atoms with Gasteiger partial charge in [0.25, 0.3) is 0 Å². The van der Waals surface area contributed by atoms with E-state index in [1.807, 2.05) is 18.2 Å². The van der Waals surface area contributed by atoms with Gasteiger partial charge in [-0.2, -0.15) is 0 Å². The van der Waals surface area contributed by atoms with E-state index in [1.165, 1.54) is 6.92 Å². The zero-order valence-electron chi connectivity index (χ0n) is 16.7. The van der Waals surface area contributed by atoms with E-state index in [0.717, 1.165) is 0 Å². The molecule has 0 atom stereocenters. The van der Waals surface area contributed by atoms with E-state index in [1.54, 1.807) is 37.4 Å². The Morgan fingerprint density at radius 1 is 0.828 bits per heavy atom. The third-order valence-electron chi connectivity index (χ3n) is 5.39. The van der Waals surface area contributed by atoms with Gasteiger partial charge in [-0.15, -0.1) is 0 Å². The number of rotatable bonds is 6. The van der Waals surface area contributed by atoms with Crippen molar-refractivity contribution in [1.29, 1.82) is 0 Å². The van der Waals surface area contributed by atoms with Crippen LogP contribution < -0.4 is 15.4 Å². The van der Waals surface area contributed by atoms with Gasteiger partial charge < -0.3 is 15.4 Å². The molecule has 0 aliphatic heterocycles. The maximum Gasteiger partial charge on any atom is 0.227 e.